The summed E-state index contributed by atoms with van der Waals surface area (Å²) < 4.78 is 20.3. The highest BCUT2D eigenvalue weighted by atomic mass is 35.5. The van der Waals surface area contributed by atoms with E-state index in [1.54, 1.807) is 4.90 Å². The molecule has 3 amide bonds. The van der Waals surface area contributed by atoms with Crippen molar-refractivity contribution in [3.05, 3.63) is 77.1 Å². The fourth-order valence-corrected chi connectivity index (χ4v) is 9.01. The standard InChI is InChI=1S/C38H47ClFN5O4/c1-24-8-6-11-30(25(24)2)42-36(47)34-38-15-14-31(49-38)32(35(46)41-27-12-13-29(40)28(39)22-27)33(38)37(48)45(34)17-7-16-43-18-20-44(21-19-43)23-26-9-4-3-5-10-26/h3-5,9-10,12-15,22,24-25,30-34H,6-8,11,16-21,23H2,1-2H3,(H,41,46)(H,42,47)/t24-,25-,30+,31+,32-,33+,34+,38+/m1/s1. The molecular weight excluding hydrogens is 645 g/mol. The second-order valence-electron chi connectivity index (χ2n) is 14.7. The van der Waals surface area contributed by atoms with E-state index < -0.39 is 41.3 Å². The first-order chi connectivity index (χ1) is 23.6. The SMILES string of the molecule is C[C@@H]1[C@H](C)CCC[C@@H]1NC(=O)[C@@H]1N(CCCN2CCN(Cc3ccccc3)CC2)C(=O)[C@@H]2[C@H](C(=O)Nc3ccc(F)c(Cl)c3)[C@@H]3C=C[C@]21O3. The van der Waals surface area contributed by atoms with Crippen LogP contribution in [0.15, 0.2) is 60.7 Å². The number of nitrogens with one attached hydrogen (secondary N) is 2. The highest BCUT2D eigenvalue weighted by Gasteiger charge is 2.72. The molecule has 5 aliphatic rings. The third kappa shape index (κ3) is 6.65. The van der Waals surface area contributed by atoms with E-state index in [1.807, 2.05) is 18.2 Å². The molecule has 7 rings (SSSR count). The van der Waals surface area contributed by atoms with Crippen molar-refractivity contribution < 1.29 is 23.5 Å². The van der Waals surface area contributed by atoms with Gasteiger partial charge in [-0.2, -0.15) is 0 Å². The second-order valence-corrected chi connectivity index (χ2v) is 15.1. The van der Waals surface area contributed by atoms with E-state index in [1.165, 1.54) is 23.8 Å². The number of fused-ring (bicyclic) bond motifs is 1. The van der Waals surface area contributed by atoms with Crippen molar-refractivity contribution in [2.75, 3.05) is 44.6 Å². The van der Waals surface area contributed by atoms with Crippen LogP contribution in [-0.2, 0) is 25.7 Å². The van der Waals surface area contributed by atoms with Gasteiger partial charge in [0.05, 0.1) is 23.0 Å². The molecule has 1 spiro atoms. The van der Waals surface area contributed by atoms with Crippen molar-refractivity contribution in [1.29, 1.82) is 0 Å². The molecule has 1 saturated carbocycles. The predicted octanol–water partition coefficient (Wildman–Crippen LogP) is 4.72. The van der Waals surface area contributed by atoms with E-state index in [0.717, 1.165) is 58.5 Å². The van der Waals surface area contributed by atoms with E-state index >= 15 is 0 Å². The summed E-state index contributed by atoms with van der Waals surface area (Å²) >= 11 is 5.97. The van der Waals surface area contributed by atoms with Crippen LogP contribution in [0.1, 0.15) is 45.1 Å². The molecule has 8 atom stereocenters. The lowest BCUT2D eigenvalue weighted by atomic mass is 9.73. The lowest BCUT2D eigenvalue weighted by Gasteiger charge is -2.38. The summed E-state index contributed by atoms with van der Waals surface area (Å²) in [5, 5.41) is 6.04. The molecule has 0 radical (unpaired) electrons. The Morgan fingerprint density at radius 3 is 2.51 bits per heavy atom. The lowest BCUT2D eigenvalue weighted by Crippen LogP contribution is -2.58. The number of likely N-dealkylation sites (tertiary alicyclic amines) is 1. The highest BCUT2D eigenvalue weighted by molar-refractivity contribution is 6.31. The number of hydrogen-bond acceptors (Lipinski definition) is 6. The molecule has 2 aromatic carbocycles. The first kappa shape index (κ1) is 34.2. The zero-order valence-corrected chi connectivity index (χ0v) is 29.1. The van der Waals surface area contributed by atoms with Crippen molar-refractivity contribution in [3.8, 4) is 0 Å². The van der Waals surface area contributed by atoms with Crippen LogP contribution in [-0.4, -0.2) is 95.5 Å². The van der Waals surface area contributed by atoms with Gasteiger partial charge in [-0.25, -0.2) is 4.39 Å². The van der Waals surface area contributed by atoms with Gasteiger partial charge in [-0.1, -0.05) is 80.8 Å². The summed E-state index contributed by atoms with van der Waals surface area (Å²) in [5.41, 5.74) is 0.410. The zero-order chi connectivity index (χ0) is 34.3. The monoisotopic (exact) mass is 691 g/mol. The van der Waals surface area contributed by atoms with Crippen LogP contribution in [0.25, 0.3) is 0 Å². The third-order valence-electron chi connectivity index (χ3n) is 11.7. The number of carbonyl (C=O) groups excluding carboxylic acids is 3. The maximum atomic E-state index is 14.4. The minimum absolute atomic E-state index is 0.0146. The van der Waals surface area contributed by atoms with E-state index in [9.17, 15) is 18.8 Å². The molecule has 2 bridgehead atoms. The second kappa shape index (κ2) is 14.1. The van der Waals surface area contributed by atoms with Crippen LogP contribution in [0.3, 0.4) is 0 Å². The third-order valence-corrected chi connectivity index (χ3v) is 12.0. The molecule has 4 aliphatic heterocycles. The first-order valence-electron chi connectivity index (χ1n) is 17.9. The molecular formula is C38H47ClFN5O4. The van der Waals surface area contributed by atoms with Crippen LogP contribution >= 0.6 is 11.6 Å². The molecule has 1 aliphatic carbocycles. The van der Waals surface area contributed by atoms with Gasteiger partial charge in [-0.15, -0.1) is 0 Å². The Balaban J connectivity index is 1.06. The van der Waals surface area contributed by atoms with Gasteiger partial charge in [-0.3, -0.25) is 19.3 Å². The minimum Gasteiger partial charge on any atom is -0.359 e. The minimum atomic E-state index is -1.24. The molecule has 11 heteroatoms. The maximum Gasteiger partial charge on any atom is 0.246 e. The van der Waals surface area contributed by atoms with Gasteiger partial charge < -0.3 is 25.2 Å². The number of benzene rings is 2. The van der Waals surface area contributed by atoms with Gasteiger partial charge in [-0.05, 0) is 55.0 Å². The van der Waals surface area contributed by atoms with E-state index in [4.69, 9.17) is 16.3 Å². The largest absolute Gasteiger partial charge is 0.359 e. The van der Waals surface area contributed by atoms with Crippen LogP contribution in [0.5, 0.6) is 0 Å². The average molecular weight is 692 g/mol. The zero-order valence-electron chi connectivity index (χ0n) is 28.3. The molecule has 0 aromatic heterocycles. The lowest BCUT2D eigenvalue weighted by molar-refractivity contribution is -0.141. The molecule has 3 saturated heterocycles. The number of amides is 3. The molecule has 49 heavy (non-hydrogen) atoms. The van der Waals surface area contributed by atoms with Gasteiger partial charge in [0, 0.05) is 51.0 Å². The van der Waals surface area contributed by atoms with Crippen LogP contribution in [0.4, 0.5) is 10.1 Å². The van der Waals surface area contributed by atoms with Crippen LogP contribution in [0.2, 0.25) is 5.02 Å². The van der Waals surface area contributed by atoms with Crippen molar-refractivity contribution >= 4 is 35.0 Å². The Hall–Kier alpha value is -3.31. The fourth-order valence-electron chi connectivity index (χ4n) is 8.83. The topological polar surface area (TPSA) is 94.2 Å². The summed E-state index contributed by atoms with van der Waals surface area (Å²) in [4.78, 5) is 49.1. The van der Waals surface area contributed by atoms with Gasteiger partial charge in [0.15, 0.2) is 0 Å². The van der Waals surface area contributed by atoms with E-state index in [0.29, 0.717) is 30.5 Å². The van der Waals surface area contributed by atoms with Gasteiger partial charge in [0.1, 0.15) is 17.5 Å². The Labute approximate surface area is 293 Å². The number of ether oxygens (including phenoxy) is 1. The summed E-state index contributed by atoms with van der Waals surface area (Å²) in [7, 11) is 0. The Morgan fingerprint density at radius 2 is 1.76 bits per heavy atom. The number of halogens is 2. The average Bonchev–Trinajstić information content (AvgIpc) is 3.73. The van der Waals surface area contributed by atoms with E-state index in [2.05, 4.69) is 58.5 Å². The van der Waals surface area contributed by atoms with E-state index in [-0.39, 0.29) is 22.9 Å². The highest BCUT2D eigenvalue weighted by Crippen LogP contribution is 2.55. The molecule has 4 fully saturated rings. The Kier molecular flexibility index (Phi) is 9.85. The summed E-state index contributed by atoms with van der Waals surface area (Å²) in [6.07, 6.45) is 6.80. The number of anilines is 1. The van der Waals surface area contributed by atoms with Crippen LogP contribution < -0.4 is 10.6 Å². The Morgan fingerprint density at radius 1 is 1.00 bits per heavy atom. The molecule has 4 heterocycles. The van der Waals surface area contributed by atoms with Crippen LogP contribution in [0, 0.1) is 29.5 Å². The Bertz CT molecular complexity index is 1580. The number of nitrogens with zero attached hydrogens (tertiary/aromatic N) is 3. The van der Waals surface area contributed by atoms with Crippen molar-refractivity contribution in [2.45, 2.75) is 69.9 Å². The fraction of sp³-hybridized carbons (Fsp3) is 0.553. The smallest absolute Gasteiger partial charge is 0.246 e. The number of piperazine rings is 1. The molecule has 2 aromatic rings. The molecule has 0 unspecified atom stereocenters. The van der Waals surface area contributed by atoms with Gasteiger partial charge in [0.25, 0.3) is 0 Å². The maximum absolute atomic E-state index is 14.4. The summed E-state index contributed by atoms with van der Waals surface area (Å²) in [5.74, 6) is -2.33. The number of hydrogen-bond donors (Lipinski definition) is 2. The number of carbonyl (C=O) groups is 3. The molecule has 262 valence electrons. The van der Waals surface area contributed by atoms with Crippen molar-refractivity contribution in [3.63, 3.8) is 0 Å². The van der Waals surface area contributed by atoms with Crippen molar-refractivity contribution in [2.24, 2.45) is 23.7 Å². The summed E-state index contributed by atoms with van der Waals surface area (Å²) in [6.45, 7) is 10.4. The molecule has 2 N–H and O–H groups in total. The van der Waals surface area contributed by atoms with Gasteiger partial charge in [0.2, 0.25) is 17.7 Å². The van der Waals surface area contributed by atoms with Gasteiger partial charge >= 0.3 is 0 Å². The first-order valence-corrected chi connectivity index (χ1v) is 18.2. The van der Waals surface area contributed by atoms with Crippen molar-refractivity contribution in [1.82, 2.24) is 20.0 Å². The molecule has 9 nitrogen and oxygen atoms in total. The number of rotatable bonds is 10. The quantitative estimate of drug-likeness (QED) is 0.351. The predicted molar refractivity (Wildman–Crippen MR) is 186 cm³/mol. The normalized spacial score (nSPS) is 32.8. The summed E-state index contributed by atoms with van der Waals surface area (Å²) in [6, 6.07) is 13.6.